The third kappa shape index (κ3) is 2.17. The fourth-order valence-electron chi connectivity index (χ4n) is 1.16. The van der Waals surface area contributed by atoms with Gasteiger partial charge in [-0.05, 0) is 13.3 Å². The summed E-state index contributed by atoms with van der Waals surface area (Å²) in [5, 5.41) is 0. The third-order valence-electron chi connectivity index (χ3n) is 2.16. The highest BCUT2D eigenvalue weighted by atomic mass is 16.5. The van der Waals surface area contributed by atoms with Gasteiger partial charge in [0.15, 0.2) is 0 Å². The summed E-state index contributed by atoms with van der Waals surface area (Å²) in [6.45, 7) is 6.21. The highest BCUT2D eigenvalue weighted by Gasteiger charge is 2.12. The minimum atomic E-state index is 0.405. The van der Waals surface area contributed by atoms with Gasteiger partial charge in [0, 0.05) is 5.92 Å². The fourth-order valence-corrected chi connectivity index (χ4v) is 1.16. The Hall–Kier alpha value is -1.12. The van der Waals surface area contributed by atoms with Crippen LogP contribution in [0.1, 0.15) is 37.6 Å². The second kappa shape index (κ2) is 4.21. The van der Waals surface area contributed by atoms with Gasteiger partial charge in [0.25, 0.3) is 0 Å². The summed E-state index contributed by atoms with van der Waals surface area (Å²) in [4.78, 5) is 8.61. The van der Waals surface area contributed by atoms with Crippen LogP contribution in [0.3, 0.4) is 0 Å². The Morgan fingerprint density at radius 2 is 2.23 bits per heavy atom. The molecule has 0 aliphatic rings. The molecule has 3 nitrogen and oxygen atoms in total. The molecule has 0 fully saturated rings. The minimum absolute atomic E-state index is 0.405. The monoisotopic (exact) mass is 180 g/mol. The van der Waals surface area contributed by atoms with Gasteiger partial charge in [0.1, 0.15) is 5.69 Å². The van der Waals surface area contributed by atoms with Crippen molar-refractivity contribution in [2.24, 2.45) is 0 Å². The van der Waals surface area contributed by atoms with E-state index in [0.29, 0.717) is 11.8 Å². The lowest BCUT2D eigenvalue weighted by molar-refractivity contribution is 0.384. The summed E-state index contributed by atoms with van der Waals surface area (Å²) in [7, 11) is 1.63. The topological polar surface area (TPSA) is 35.0 Å². The molecule has 0 aromatic carbocycles. The van der Waals surface area contributed by atoms with Crippen molar-refractivity contribution < 1.29 is 4.74 Å². The summed E-state index contributed by atoms with van der Waals surface area (Å²) >= 11 is 0. The summed E-state index contributed by atoms with van der Waals surface area (Å²) in [6, 6.07) is 0. The Morgan fingerprint density at radius 3 is 2.77 bits per heavy atom. The highest BCUT2D eigenvalue weighted by Crippen LogP contribution is 2.24. The van der Waals surface area contributed by atoms with Gasteiger partial charge in [-0.3, -0.25) is 4.98 Å². The third-order valence-corrected chi connectivity index (χ3v) is 2.16. The second-order valence-corrected chi connectivity index (χ2v) is 3.22. The summed E-state index contributed by atoms with van der Waals surface area (Å²) in [5.74, 6) is 1.06. The molecule has 72 valence electrons. The zero-order valence-electron chi connectivity index (χ0n) is 8.66. The number of aromatic nitrogens is 2. The summed E-state index contributed by atoms with van der Waals surface area (Å²) in [5.41, 5.74) is 1.90. The van der Waals surface area contributed by atoms with Gasteiger partial charge in [-0.1, -0.05) is 13.8 Å². The van der Waals surface area contributed by atoms with Crippen LogP contribution in [0, 0.1) is 6.92 Å². The van der Waals surface area contributed by atoms with Crippen molar-refractivity contribution in [1.82, 2.24) is 9.97 Å². The van der Waals surface area contributed by atoms with Gasteiger partial charge < -0.3 is 4.74 Å². The number of methoxy groups -OCH3 is 1. The molecular weight excluding hydrogens is 164 g/mol. The van der Waals surface area contributed by atoms with Crippen LogP contribution < -0.4 is 4.74 Å². The van der Waals surface area contributed by atoms with Crippen molar-refractivity contribution in [3.8, 4) is 5.88 Å². The summed E-state index contributed by atoms with van der Waals surface area (Å²) in [6.07, 6.45) is 2.78. The molecule has 0 aliphatic heterocycles. The number of aryl methyl sites for hydroxylation is 1. The normalized spacial score (nSPS) is 12.6. The van der Waals surface area contributed by atoms with E-state index in [-0.39, 0.29) is 0 Å². The van der Waals surface area contributed by atoms with Crippen molar-refractivity contribution in [2.75, 3.05) is 7.11 Å². The molecule has 0 unspecified atom stereocenters. The van der Waals surface area contributed by atoms with Crippen molar-refractivity contribution in [3.63, 3.8) is 0 Å². The first-order valence-corrected chi connectivity index (χ1v) is 4.56. The molecule has 0 saturated carbocycles. The standard InChI is InChI=1S/C10H16N2O/c1-5-7(2)9-10(13-4)11-6-8(3)12-9/h6-7H,5H2,1-4H3/t7-/m1/s1. The first-order valence-electron chi connectivity index (χ1n) is 4.56. The quantitative estimate of drug-likeness (QED) is 0.716. The predicted octanol–water partition coefficient (Wildman–Crippen LogP) is 2.31. The molecule has 1 rings (SSSR count). The molecule has 1 atom stereocenters. The van der Waals surface area contributed by atoms with Crippen LogP contribution in [0.15, 0.2) is 6.20 Å². The number of ether oxygens (including phenoxy) is 1. The van der Waals surface area contributed by atoms with Crippen molar-refractivity contribution >= 4 is 0 Å². The number of hydrogen-bond acceptors (Lipinski definition) is 3. The lowest BCUT2D eigenvalue weighted by Gasteiger charge is -2.11. The minimum Gasteiger partial charge on any atom is -0.480 e. The molecule has 1 heterocycles. The van der Waals surface area contributed by atoms with E-state index in [9.17, 15) is 0 Å². The van der Waals surface area contributed by atoms with Crippen molar-refractivity contribution in [2.45, 2.75) is 33.1 Å². The SMILES string of the molecule is CC[C@@H](C)c1nc(C)cnc1OC. The van der Waals surface area contributed by atoms with E-state index in [0.717, 1.165) is 17.8 Å². The van der Waals surface area contributed by atoms with Crippen LogP contribution in [0.4, 0.5) is 0 Å². The molecule has 1 aromatic heterocycles. The van der Waals surface area contributed by atoms with Crippen LogP contribution in [-0.4, -0.2) is 17.1 Å². The van der Waals surface area contributed by atoms with E-state index < -0.39 is 0 Å². The van der Waals surface area contributed by atoms with Gasteiger partial charge in [0.2, 0.25) is 5.88 Å². The van der Waals surface area contributed by atoms with Gasteiger partial charge in [-0.25, -0.2) is 4.98 Å². The van der Waals surface area contributed by atoms with Crippen LogP contribution in [-0.2, 0) is 0 Å². The Morgan fingerprint density at radius 1 is 1.54 bits per heavy atom. The Balaban J connectivity index is 3.07. The van der Waals surface area contributed by atoms with E-state index in [2.05, 4.69) is 23.8 Å². The molecule has 0 aliphatic carbocycles. The van der Waals surface area contributed by atoms with Gasteiger partial charge in [-0.15, -0.1) is 0 Å². The maximum Gasteiger partial charge on any atom is 0.235 e. The molecule has 0 spiro atoms. The van der Waals surface area contributed by atoms with Crippen LogP contribution in [0.2, 0.25) is 0 Å². The number of nitrogens with zero attached hydrogens (tertiary/aromatic N) is 2. The average molecular weight is 180 g/mol. The first kappa shape index (κ1) is 9.96. The second-order valence-electron chi connectivity index (χ2n) is 3.22. The molecule has 13 heavy (non-hydrogen) atoms. The van der Waals surface area contributed by atoms with Crippen molar-refractivity contribution in [3.05, 3.63) is 17.6 Å². The zero-order valence-corrected chi connectivity index (χ0v) is 8.66. The predicted molar refractivity (Wildman–Crippen MR) is 52.0 cm³/mol. The Kier molecular flexibility index (Phi) is 3.23. The van der Waals surface area contributed by atoms with E-state index in [1.807, 2.05) is 6.92 Å². The van der Waals surface area contributed by atoms with E-state index in [1.165, 1.54) is 0 Å². The molecule has 0 amide bonds. The molecule has 0 N–H and O–H groups in total. The zero-order chi connectivity index (χ0) is 9.84. The Labute approximate surface area is 79.2 Å². The van der Waals surface area contributed by atoms with Crippen LogP contribution >= 0.6 is 0 Å². The molecular formula is C10H16N2O. The molecule has 0 saturated heterocycles. The van der Waals surface area contributed by atoms with Crippen LogP contribution in [0.25, 0.3) is 0 Å². The van der Waals surface area contributed by atoms with E-state index >= 15 is 0 Å². The number of hydrogen-bond donors (Lipinski definition) is 0. The maximum absolute atomic E-state index is 5.15. The smallest absolute Gasteiger partial charge is 0.235 e. The van der Waals surface area contributed by atoms with Gasteiger partial charge in [-0.2, -0.15) is 0 Å². The first-order chi connectivity index (χ1) is 6.19. The van der Waals surface area contributed by atoms with Crippen LogP contribution in [0.5, 0.6) is 5.88 Å². The number of rotatable bonds is 3. The van der Waals surface area contributed by atoms with Gasteiger partial charge >= 0.3 is 0 Å². The summed E-state index contributed by atoms with van der Waals surface area (Å²) < 4.78 is 5.15. The maximum atomic E-state index is 5.15. The van der Waals surface area contributed by atoms with E-state index in [4.69, 9.17) is 4.74 Å². The van der Waals surface area contributed by atoms with Crippen molar-refractivity contribution in [1.29, 1.82) is 0 Å². The fraction of sp³-hybridized carbons (Fsp3) is 0.600. The van der Waals surface area contributed by atoms with Gasteiger partial charge in [0.05, 0.1) is 19.0 Å². The molecule has 0 bridgehead atoms. The molecule has 1 aromatic rings. The van der Waals surface area contributed by atoms with E-state index in [1.54, 1.807) is 13.3 Å². The molecule has 3 heteroatoms. The Bertz CT molecular complexity index is 286. The lowest BCUT2D eigenvalue weighted by Crippen LogP contribution is -2.03. The largest absolute Gasteiger partial charge is 0.480 e. The average Bonchev–Trinajstić information content (AvgIpc) is 2.16. The lowest BCUT2D eigenvalue weighted by atomic mass is 10.1. The molecule has 0 radical (unpaired) electrons. The highest BCUT2D eigenvalue weighted by molar-refractivity contribution is 5.22.